The predicted molar refractivity (Wildman–Crippen MR) is 127 cm³/mol. The van der Waals surface area contributed by atoms with Crippen molar-refractivity contribution in [2.75, 3.05) is 20.1 Å². The minimum Gasteiger partial charge on any atom is -0.356 e. The largest absolute Gasteiger partial charge is 0.356 e. The van der Waals surface area contributed by atoms with E-state index in [2.05, 4.69) is 37.7 Å². The van der Waals surface area contributed by atoms with Crippen molar-refractivity contribution < 1.29 is 0 Å². The zero-order valence-corrected chi connectivity index (χ0v) is 18.9. The number of rotatable bonds is 6. The minimum absolute atomic E-state index is 0. The van der Waals surface area contributed by atoms with Crippen LogP contribution in [0.25, 0.3) is 11.0 Å². The van der Waals surface area contributed by atoms with E-state index in [9.17, 15) is 0 Å². The third-order valence-electron chi connectivity index (χ3n) is 5.20. The van der Waals surface area contributed by atoms with Crippen LogP contribution >= 0.6 is 35.6 Å². The van der Waals surface area contributed by atoms with E-state index in [4.69, 9.17) is 11.6 Å². The van der Waals surface area contributed by atoms with E-state index in [0.717, 1.165) is 47.4 Å². The van der Waals surface area contributed by atoms with Gasteiger partial charge < -0.3 is 15.6 Å². The molecule has 148 valence electrons. The molecule has 1 aliphatic rings. The molecule has 0 spiro atoms. The Hall–Kier alpha value is -1.80. The van der Waals surface area contributed by atoms with Crippen molar-refractivity contribution >= 4 is 52.6 Å². The highest BCUT2D eigenvalue weighted by Crippen LogP contribution is 2.48. The van der Waals surface area contributed by atoms with E-state index >= 15 is 0 Å². The summed E-state index contributed by atoms with van der Waals surface area (Å²) >= 11 is 6.16. The molecule has 1 heterocycles. The van der Waals surface area contributed by atoms with Gasteiger partial charge in [-0.3, -0.25) is 4.99 Å². The monoisotopic (exact) mass is 509 g/mol. The molecule has 28 heavy (non-hydrogen) atoms. The summed E-state index contributed by atoms with van der Waals surface area (Å²) in [7, 11) is 1.80. The third kappa shape index (κ3) is 4.78. The van der Waals surface area contributed by atoms with Gasteiger partial charge in [0.25, 0.3) is 0 Å². The fourth-order valence-electron chi connectivity index (χ4n) is 3.43. The van der Waals surface area contributed by atoms with Crippen LogP contribution in [-0.2, 0) is 11.8 Å². The van der Waals surface area contributed by atoms with Crippen molar-refractivity contribution in [3.63, 3.8) is 0 Å². The predicted octanol–water partition coefficient (Wildman–Crippen LogP) is 4.27. The van der Waals surface area contributed by atoms with Crippen LogP contribution in [0.2, 0.25) is 5.02 Å². The van der Waals surface area contributed by atoms with Crippen molar-refractivity contribution in [1.29, 1.82) is 0 Å². The van der Waals surface area contributed by atoms with Crippen LogP contribution in [-0.4, -0.2) is 36.1 Å². The number of fused-ring (bicyclic) bond motifs is 1. The smallest absolute Gasteiger partial charge is 0.191 e. The Morgan fingerprint density at radius 2 is 2.00 bits per heavy atom. The van der Waals surface area contributed by atoms with Crippen LogP contribution in [0.4, 0.5) is 0 Å². The van der Waals surface area contributed by atoms with Gasteiger partial charge in [-0.2, -0.15) is 0 Å². The number of aromatic amines is 1. The number of nitrogens with one attached hydrogen (secondary N) is 3. The van der Waals surface area contributed by atoms with E-state index in [1.165, 1.54) is 18.4 Å². The molecular formula is C21H25ClIN5. The molecule has 7 heteroatoms. The van der Waals surface area contributed by atoms with E-state index < -0.39 is 0 Å². The van der Waals surface area contributed by atoms with Crippen LogP contribution < -0.4 is 10.6 Å². The van der Waals surface area contributed by atoms with E-state index in [1.807, 2.05) is 36.4 Å². The van der Waals surface area contributed by atoms with E-state index in [0.29, 0.717) is 0 Å². The Kier molecular flexibility index (Phi) is 6.82. The van der Waals surface area contributed by atoms with Crippen molar-refractivity contribution in [3.8, 4) is 0 Å². The summed E-state index contributed by atoms with van der Waals surface area (Å²) in [5.41, 5.74) is 3.57. The molecule has 1 aromatic heterocycles. The summed E-state index contributed by atoms with van der Waals surface area (Å²) in [4.78, 5) is 12.3. The van der Waals surface area contributed by atoms with Gasteiger partial charge in [0.05, 0.1) is 11.0 Å². The Balaban J connectivity index is 0.00000225. The van der Waals surface area contributed by atoms with Crippen molar-refractivity contribution in [2.45, 2.75) is 24.7 Å². The van der Waals surface area contributed by atoms with Crippen LogP contribution in [0.3, 0.4) is 0 Å². The van der Waals surface area contributed by atoms with E-state index in [1.54, 1.807) is 7.05 Å². The third-order valence-corrected chi connectivity index (χ3v) is 5.44. The molecule has 0 atom stereocenters. The molecule has 0 radical (unpaired) electrons. The first-order valence-corrected chi connectivity index (χ1v) is 9.71. The van der Waals surface area contributed by atoms with Gasteiger partial charge >= 0.3 is 0 Å². The number of hydrogen-bond acceptors (Lipinski definition) is 2. The van der Waals surface area contributed by atoms with Gasteiger partial charge in [-0.1, -0.05) is 35.9 Å². The quantitative estimate of drug-likeness (QED) is 0.264. The summed E-state index contributed by atoms with van der Waals surface area (Å²) in [5.74, 6) is 1.80. The molecule has 3 N–H and O–H groups in total. The number of hydrogen-bond donors (Lipinski definition) is 3. The van der Waals surface area contributed by atoms with Gasteiger partial charge in [-0.05, 0) is 42.7 Å². The first-order chi connectivity index (χ1) is 13.2. The summed E-state index contributed by atoms with van der Waals surface area (Å²) in [6, 6.07) is 16.3. The number of aliphatic imine (C=N–C) groups is 1. The summed E-state index contributed by atoms with van der Waals surface area (Å²) in [6.45, 7) is 1.63. The topological polar surface area (TPSA) is 65.1 Å². The number of guanidine groups is 1. The number of nitrogens with zero attached hydrogens (tertiary/aromatic N) is 2. The van der Waals surface area contributed by atoms with Crippen LogP contribution in [0, 0.1) is 0 Å². The highest BCUT2D eigenvalue weighted by Gasteiger charge is 2.44. The Morgan fingerprint density at radius 1 is 1.18 bits per heavy atom. The van der Waals surface area contributed by atoms with Crippen LogP contribution in [0.1, 0.15) is 24.2 Å². The molecule has 0 aliphatic heterocycles. The normalized spacial score (nSPS) is 15.1. The number of imidazole rings is 1. The lowest BCUT2D eigenvalue weighted by Crippen LogP contribution is -2.42. The lowest BCUT2D eigenvalue weighted by Gasteiger charge is -2.19. The van der Waals surface area contributed by atoms with Crippen molar-refractivity contribution in [1.82, 2.24) is 20.6 Å². The molecule has 1 saturated carbocycles. The molecule has 0 amide bonds. The Labute approximate surface area is 187 Å². The van der Waals surface area contributed by atoms with Crippen molar-refractivity contribution in [2.24, 2.45) is 4.99 Å². The maximum atomic E-state index is 6.16. The van der Waals surface area contributed by atoms with Gasteiger partial charge in [0.1, 0.15) is 5.82 Å². The van der Waals surface area contributed by atoms with Crippen LogP contribution in [0.15, 0.2) is 53.5 Å². The molecule has 0 unspecified atom stereocenters. The first-order valence-electron chi connectivity index (χ1n) is 9.33. The molecule has 4 rings (SSSR count). The molecule has 0 saturated heterocycles. The van der Waals surface area contributed by atoms with Gasteiger partial charge in [-0.25, -0.2) is 4.98 Å². The second-order valence-corrected chi connectivity index (χ2v) is 7.53. The molecule has 5 nitrogen and oxygen atoms in total. The number of halogens is 2. The highest BCUT2D eigenvalue weighted by molar-refractivity contribution is 14.0. The second kappa shape index (κ2) is 9.13. The fraction of sp³-hybridized carbons (Fsp3) is 0.333. The highest BCUT2D eigenvalue weighted by atomic mass is 127. The molecule has 1 aliphatic carbocycles. The summed E-state index contributed by atoms with van der Waals surface area (Å²) < 4.78 is 0. The summed E-state index contributed by atoms with van der Waals surface area (Å²) in [5, 5.41) is 7.64. The molecule has 1 fully saturated rings. The van der Waals surface area contributed by atoms with Gasteiger partial charge in [-0.15, -0.1) is 24.0 Å². The number of benzene rings is 2. The van der Waals surface area contributed by atoms with Gasteiger partial charge in [0.15, 0.2) is 5.96 Å². The van der Waals surface area contributed by atoms with Gasteiger partial charge in [0, 0.05) is 37.0 Å². The first kappa shape index (κ1) is 20.9. The molecule has 3 aromatic rings. The van der Waals surface area contributed by atoms with E-state index in [-0.39, 0.29) is 29.4 Å². The number of para-hydroxylation sites is 2. The Bertz CT molecular complexity index is 931. The van der Waals surface area contributed by atoms with Crippen molar-refractivity contribution in [3.05, 3.63) is 64.9 Å². The average molecular weight is 510 g/mol. The number of aromatic nitrogens is 2. The number of H-pyrrole nitrogens is 1. The zero-order valence-electron chi connectivity index (χ0n) is 15.8. The summed E-state index contributed by atoms with van der Waals surface area (Å²) in [6.07, 6.45) is 3.17. The lowest BCUT2D eigenvalue weighted by molar-refractivity contribution is 0.644. The second-order valence-electron chi connectivity index (χ2n) is 7.09. The average Bonchev–Trinajstić information content (AvgIpc) is 3.36. The van der Waals surface area contributed by atoms with Crippen LogP contribution in [0.5, 0.6) is 0 Å². The fourth-order valence-corrected chi connectivity index (χ4v) is 3.62. The molecule has 2 aromatic carbocycles. The Morgan fingerprint density at radius 3 is 2.71 bits per heavy atom. The minimum atomic E-state index is 0. The lowest BCUT2D eigenvalue weighted by atomic mass is 9.96. The van der Waals surface area contributed by atoms with Gasteiger partial charge in [0.2, 0.25) is 0 Å². The SMILES string of the molecule is CN=C(NCCc1nc2ccccc2[nH]1)NCC1(c2cccc(Cl)c2)CC1.I. The zero-order chi connectivity index (χ0) is 18.7. The molecule has 0 bridgehead atoms. The maximum absolute atomic E-state index is 6.16. The molecular weight excluding hydrogens is 485 g/mol. The standard InChI is InChI=1S/C21H24ClN5.HI/c1-23-20(24-12-9-19-26-17-7-2-3-8-18(17)27-19)25-14-21(10-11-21)15-5-4-6-16(22)13-15;/h2-8,13H,9-12,14H2,1H3,(H,26,27)(H2,23,24,25);1H. The maximum Gasteiger partial charge on any atom is 0.191 e.